The summed E-state index contributed by atoms with van der Waals surface area (Å²) in [6.07, 6.45) is 2.09. The molecule has 0 aromatic heterocycles. The summed E-state index contributed by atoms with van der Waals surface area (Å²) in [5, 5.41) is 3.61. The maximum atomic E-state index is 6.19. The second kappa shape index (κ2) is 2.46. The summed E-state index contributed by atoms with van der Waals surface area (Å²) in [4.78, 5) is 0. The first-order valence-electron chi connectivity index (χ1n) is 4.70. The van der Waals surface area contributed by atoms with E-state index in [0.29, 0.717) is 0 Å². The SMILES string of the molecule is CC1(N)CC(C)(C)NC(C)(C)C1. The zero-order valence-electron chi connectivity index (χ0n) is 8.99. The number of rotatable bonds is 0. The van der Waals surface area contributed by atoms with Crippen molar-refractivity contribution < 1.29 is 0 Å². The molecule has 0 bridgehead atoms. The molecule has 0 aromatic rings. The molecule has 1 heterocycles. The Hall–Kier alpha value is -0.0800. The monoisotopic (exact) mass is 170 g/mol. The van der Waals surface area contributed by atoms with Gasteiger partial charge in [0, 0.05) is 16.6 Å². The first-order chi connectivity index (χ1) is 5.12. The molecule has 2 nitrogen and oxygen atoms in total. The van der Waals surface area contributed by atoms with E-state index in [-0.39, 0.29) is 16.6 Å². The Kier molecular flexibility index (Phi) is 2.05. The van der Waals surface area contributed by atoms with Crippen LogP contribution in [-0.2, 0) is 0 Å². The standard InChI is InChI=1S/C10H22N2/c1-8(2)6-10(5,11)7-9(3,4)12-8/h12H,6-7,11H2,1-5H3. The van der Waals surface area contributed by atoms with Crippen LogP contribution in [0.25, 0.3) is 0 Å². The molecule has 0 unspecified atom stereocenters. The van der Waals surface area contributed by atoms with E-state index in [9.17, 15) is 0 Å². The zero-order chi connectivity index (χ0) is 9.62. The van der Waals surface area contributed by atoms with Crippen molar-refractivity contribution >= 4 is 0 Å². The summed E-state index contributed by atoms with van der Waals surface area (Å²) in [5.41, 5.74) is 6.52. The largest absolute Gasteiger partial charge is 0.325 e. The van der Waals surface area contributed by atoms with Crippen LogP contribution in [0.1, 0.15) is 47.5 Å². The van der Waals surface area contributed by atoms with Crippen molar-refractivity contribution in [2.75, 3.05) is 0 Å². The molecule has 0 spiro atoms. The molecular formula is C10H22N2. The molecule has 1 rings (SSSR count). The molecule has 0 saturated carbocycles. The topological polar surface area (TPSA) is 38.0 Å². The van der Waals surface area contributed by atoms with Gasteiger partial charge in [-0.2, -0.15) is 0 Å². The minimum Gasteiger partial charge on any atom is -0.325 e. The van der Waals surface area contributed by atoms with Crippen molar-refractivity contribution in [2.45, 2.75) is 64.1 Å². The number of hydrogen-bond donors (Lipinski definition) is 2. The fourth-order valence-electron chi connectivity index (χ4n) is 3.09. The lowest BCUT2D eigenvalue weighted by Gasteiger charge is -2.50. The predicted molar refractivity (Wildman–Crippen MR) is 53.1 cm³/mol. The molecule has 1 saturated heterocycles. The molecule has 0 aromatic carbocycles. The van der Waals surface area contributed by atoms with Crippen molar-refractivity contribution in [2.24, 2.45) is 5.73 Å². The number of nitrogens with one attached hydrogen (secondary N) is 1. The molecule has 0 radical (unpaired) electrons. The van der Waals surface area contributed by atoms with Crippen LogP contribution in [0.2, 0.25) is 0 Å². The lowest BCUT2D eigenvalue weighted by molar-refractivity contribution is 0.116. The smallest absolute Gasteiger partial charge is 0.0160 e. The third kappa shape index (κ3) is 2.46. The van der Waals surface area contributed by atoms with E-state index in [1.165, 1.54) is 0 Å². The van der Waals surface area contributed by atoms with Gasteiger partial charge in [0.25, 0.3) is 0 Å². The molecule has 1 aliphatic rings. The Labute approximate surface area is 75.9 Å². The van der Waals surface area contributed by atoms with E-state index in [0.717, 1.165) is 12.8 Å². The molecule has 0 amide bonds. The van der Waals surface area contributed by atoms with E-state index < -0.39 is 0 Å². The third-order valence-electron chi connectivity index (χ3n) is 2.37. The zero-order valence-corrected chi connectivity index (χ0v) is 8.99. The summed E-state index contributed by atoms with van der Waals surface area (Å²) >= 11 is 0. The normalized spacial score (nSPS) is 31.5. The third-order valence-corrected chi connectivity index (χ3v) is 2.37. The lowest BCUT2D eigenvalue weighted by atomic mass is 9.72. The van der Waals surface area contributed by atoms with Crippen molar-refractivity contribution in [3.05, 3.63) is 0 Å². The number of hydrogen-bond acceptors (Lipinski definition) is 2. The van der Waals surface area contributed by atoms with Gasteiger partial charge in [-0.15, -0.1) is 0 Å². The van der Waals surface area contributed by atoms with Crippen LogP contribution >= 0.6 is 0 Å². The molecule has 0 aliphatic carbocycles. The van der Waals surface area contributed by atoms with Crippen LogP contribution in [0.5, 0.6) is 0 Å². The van der Waals surface area contributed by atoms with Gasteiger partial charge in [0.05, 0.1) is 0 Å². The van der Waals surface area contributed by atoms with Gasteiger partial charge in [-0.3, -0.25) is 0 Å². The van der Waals surface area contributed by atoms with Crippen LogP contribution in [0.15, 0.2) is 0 Å². The highest BCUT2D eigenvalue weighted by molar-refractivity contribution is 5.04. The molecule has 1 aliphatic heterocycles. The van der Waals surface area contributed by atoms with Crippen LogP contribution in [0, 0.1) is 0 Å². The predicted octanol–water partition coefficient (Wildman–Crippen LogP) is 1.64. The first-order valence-corrected chi connectivity index (χ1v) is 4.70. The Balaban J connectivity index is 2.81. The summed E-state index contributed by atoms with van der Waals surface area (Å²) in [5.74, 6) is 0. The summed E-state index contributed by atoms with van der Waals surface area (Å²) in [6.45, 7) is 11.0. The van der Waals surface area contributed by atoms with Gasteiger partial charge in [-0.1, -0.05) is 0 Å². The molecule has 12 heavy (non-hydrogen) atoms. The maximum absolute atomic E-state index is 6.19. The Morgan fingerprint density at radius 1 is 0.917 bits per heavy atom. The van der Waals surface area contributed by atoms with Gasteiger partial charge in [0.1, 0.15) is 0 Å². The average molecular weight is 170 g/mol. The lowest BCUT2D eigenvalue weighted by Crippen LogP contribution is -2.65. The van der Waals surface area contributed by atoms with Crippen LogP contribution in [0.4, 0.5) is 0 Å². The Morgan fingerprint density at radius 3 is 1.50 bits per heavy atom. The molecule has 1 fully saturated rings. The Morgan fingerprint density at radius 2 is 1.25 bits per heavy atom. The van der Waals surface area contributed by atoms with Gasteiger partial charge in [0.2, 0.25) is 0 Å². The fraction of sp³-hybridized carbons (Fsp3) is 1.00. The minimum absolute atomic E-state index is 0.0156. The van der Waals surface area contributed by atoms with E-state index in [4.69, 9.17) is 5.73 Å². The highest BCUT2D eigenvalue weighted by Gasteiger charge is 2.41. The number of piperidine rings is 1. The fourth-order valence-corrected chi connectivity index (χ4v) is 3.09. The van der Waals surface area contributed by atoms with Crippen molar-refractivity contribution in [1.82, 2.24) is 5.32 Å². The maximum Gasteiger partial charge on any atom is 0.0160 e. The van der Waals surface area contributed by atoms with Gasteiger partial charge in [-0.25, -0.2) is 0 Å². The van der Waals surface area contributed by atoms with E-state index in [2.05, 4.69) is 39.9 Å². The van der Waals surface area contributed by atoms with Crippen molar-refractivity contribution in [3.8, 4) is 0 Å². The van der Waals surface area contributed by atoms with Crippen LogP contribution < -0.4 is 11.1 Å². The molecule has 0 atom stereocenters. The average Bonchev–Trinajstić information content (AvgIpc) is 1.44. The van der Waals surface area contributed by atoms with E-state index >= 15 is 0 Å². The first kappa shape index (κ1) is 10.0. The van der Waals surface area contributed by atoms with Gasteiger partial charge < -0.3 is 11.1 Å². The van der Waals surface area contributed by atoms with Crippen molar-refractivity contribution in [1.29, 1.82) is 0 Å². The summed E-state index contributed by atoms with van der Waals surface area (Å²) < 4.78 is 0. The summed E-state index contributed by atoms with van der Waals surface area (Å²) in [7, 11) is 0. The van der Waals surface area contributed by atoms with Gasteiger partial charge in [0.15, 0.2) is 0 Å². The second-order valence-corrected chi connectivity index (χ2v) is 5.90. The van der Waals surface area contributed by atoms with Crippen LogP contribution in [-0.4, -0.2) is 16.6 Å². The number of nitrogens with two attached hydrogens (primary N) is 1. The molecule has 72 valence electrons. The van der Waals surface area contributed by atoms with E-state index in [1.54, 1.807) is 0 Å². The van der Waals surface area contributed by atoms with E-state index in [1.807, 2.05) is 0 Å². The van der Waals surface area contributed by atoms with Gasteiger partial charge >= 0.3 is 0 Å². The highest BCUT2D eigenvalue weighted by atomic mass is 15.1. The molecule has 3 N–H and O–H groups in total. The Bertz CT molecular complexity index is 135. The minimum atomic E-state index is -0.0156. The molecular weight excluding hydrogens is 148 g/mol. The van der Waals surface area contributed by atoms with Crippen LogP contribution in [0.3, 0.4) is 0 Å². The summed E-state index contributed by atoms with van der Waals surface area (Å²) in [6, 6.07) is 0. The second-order valence-electron chi connectivity index (χ2n) is 5.90. The quantitative estimate of drug-likeness (QED) is 0.580. The van der Waals surface area contributed by atoms with Gasteiger partial charge in [-0.05, 0) is 47.5 Å². The molecule has 2 heteroatoms. The van der Waals surface area contributed by atoms with Crippen molar-refractivity contribution in [3.63, 3.8) is 0 Å². The highest BCUT2D eigenvalue weighted by Crippen LogP contribution is 2.33.